The molecular formula is C32H21NS. The number of hydrogen-bond acceptors (Lipinski definition) is 2. The highest BCUT2D eigenvalue weighted by atomic mass is 32.1. The van der Waals surface area contributed by atoms with Crippen molar-refractivity contribution in [2.45, 2.75) is 0 Å². The monoisotopic (exact) mass is 451 g/mol. The lowest BCUT2D eigenvalue weighted by molar-refractivity contribution is 1.56. The molecule has 0 spiro atoms. The van der Waals surface area contributed by atoms with Crippen molar-refractivity contribution in [1.82, 2.24) is 0 Å². The normalized spacial score (nSPS) is 11.5. The van der Waals surface area contributed by atoms with E-state index >= 15 is 0 Å². The molecule has 1 aromatic heterocycles. The summed E-state index contributed by atoms with van der Waals surface area (Å²) in [4.78, 5) is 0. The van der Waals surface area contributed by atoms with Crippen molar-refractivity contribution in [3.05, 3.63) is 121 Å². The zero-order valence-electron chi connectivity index (χ0n) is 18.5. The molecular weight excluding hydrogens is 430 g/mol. The van der Waals surface area contributed by atoms with Gasteiger partial charge in [0, 0.05) is 31.5 Å². The molecule has 6 aromatic carbocycles. The highest BCUT2D eigenvalue weighted by molar-refractivity contribution is 7.25. The standard InChI is InChI=1S/C32H21NS/c1-2-6-27-22(5-1)9-10-23-11-12-24(19-30(23)27)21-13-15-25(16-14-21)33-26-17-18-29-28-7-3-4-8-31(28)34-32(29)20-26/h1-20,33H. The third kappa shape index (κ3) is 3.23. The largest absolute Gasteiger partial charge is 0.355 e. The number of fused-ring (bicyclic) bond motifs is 6. The fraction of sp³-hybridized carbons (Fsp3) is 0. The van der Waals surface area contributed by atoms with Crippen LogP contribution in [0.5, 0.6) is 0 Å². The first kappa shape index (κ1) is 19.3. The van der Waals surface area contributed by atoms with Gasteiger partial charge in [0.15, 0.2) is 0 Å². The van der Waals surface area contributed by atoms with E-state index in [0.29, 0.717) is 0 Å². The first-order valence-electron chi connectivity index (χ1n) is 11.5. The van der Waals surface area contributed by atoms with Gasteiger partial charge in [-0.25, -0.2) is 0 Å². The lowest BCUT2D eigenvalue weighted by Gasteiger charge is -2.10. The number of nitrogens with one attached hydrogen (secondary N) is 1. The fourth-order valence-corrected chi connectivity index (χ4v) is 6.04. The van der Waals surface area contributed by atoms with Crippen LogP contribution in [-0.4, -0.2) is 0 Å². The van der Waals surface area contributed by atoms with Crippen LogP contribution in [0.4, 0.5) is 11.4 Å². The van der Waals surface area contributed by atoms with Crippen LogP contribution in [0.2, 0.25) is 0 Å². The van der Waals surface area contributed by atoms with Gasteiger partial charge in [-0.05, 0) is 69.1 Å². The summed E-state index contributed by atoms with van der Waals surface area (Å²) in [7, 11) is 0. The smallest absolute Gasteiger partial charge is 0.0398 e. The second-order valence-corrected chi connectivity index (χ2v) is 9.82. The van der Waals surface area contributed by atoms with E-state index in [9.17, 15) is 0 Å². The Labute approximate surface area is 201 Å². The van der Waals surface area contributed by atoms with E-state index in [-0.39, 0.29) is 0 Å². The Kier molecular flexibility index (Phi) is 4.39. The quantitative estimate of drug-likeness (QED) is 0.264. The molecule has 0 atom stereocenters. The summed E-state index contributed by atoms with van der Waals surface area (Å²) in [5.74, 6) is 0. The van der Waals surface area contributed by atoms with Gasteiger partial charge < -0.3 is 5.32 Å². The SMILES string of the molecule is c1ccc2c(c1)ccc1ccc(-c3ccc(Nc4ccc5c(c4)sc4ccccc45)cc3)cc12. The van der Waals surface area contributed by atoms with Gasteiger partial charge in [0.05, 0.1) is 0 Å². The number of anilines is 2. The van der Waals surface area contributed by atoms with Crippen molar-refractivity contribution in [3.63, 3.8) is 0 Å². The summed E-state index contributed by atoms with van der Waals surface area (Å²) in [5.41, 5.74) is 4.67. The Balaban J connectivity index is 1.20. The van der Waals surface area contributed by atoms with Gasteiger partial charge in [-0.1, -0.05) is 84.9 Å². The van der Waals surface area contributed by atoms with E-state index < -0.39 is 0 Å². The van der Waals surface area contributed by atoms with Crippen molar-refractivity contribution in [3.8, 4) is 11.1 Å². The minimum Gasteiger partial charge on any atom is -0.355 e. The molecule has 0 aliphatic carbocycles. The van der Waals surface area contributed by atoms with Crippen molar-refractivity contribution < 1.29 is 0 Å². The molecule has 0 radical (unpaired) electrons. The first-order chi connectivity index (χ1) is 16.8. The summed E-state index contributed by atoms with van der Waals surface area (Å²) in [6.07, 6.45) is 0. The van der Waals surface area contributed by atoms with Crippen LogP contribution in [-0.2, 0) is 0 Å². The molecule has 0 saturated carbocycles. The highest BCUT2D eigenvalue weighted by Gasteiger charge is 2.07. The Morgan fingerprint density at radius 2 is 1.06 bits per heavy atom. The Morgan fingerprint density at radius 3 is 1.94 bits per heavy atom. The molecule has 0 aliphatic heterocycles. The molecule has 0 fully saturated rings. The molecule has 0 amide bonds. The van der Waals surface area contributed by atoms with Gasteiger partial charge in [0.25, 0.3) is 0 Å². The molecule has 0 bridgehead atoms. The molecule has 1 N–H and O–H groups in total. The van der Waals surface area contributed by atoms with Gasteiger partial charge >= 0.3 is 0 Å². The van der Waals surface area contributed by atoms with E-state index in [4.69, 9.17) is 0 Å². The lowest BCUT2D eigenvalue weighted by atomic mass is 9.97. The first-order valence-corrected chi connectivity index (χ1v) is 12.3. The molecule has 7 aromatic rings. The van der Waals surface area contributed by atoms with Crippen LogP contribution in [0.25, 0.3) is 52.8 Å². The number of thiophene rings is 1. The van der Waals surface area contributed by atoms with Crippen LogP contribution in [0, 0.1) is 0 Å². The van der Waals surface area contributed by atoms with E-state index in [2.05, 4.69) is 127 Å². The fourth-order valence-electron chi connectivity index (χ4n) is 4.90. The zero-order valence-corrected chi connectivity index (χ0v) is 19.3. The Bertz CT molecular complexity index is 1830. The molecule has 2 heteroatoms. The zero-order chi connectivity index (χ0) is 22.5. The molecule has 160 valence electrons. The molecule has 0 unspecified atom stereocenters. The average Bonchev–Trinajstić information content (AvgIpc) is 3.26. The Hall–Kier alpha value is -4.14. The van der Waals surface area contributed by atoms with Crippen molar-refractivity contribution in [2.75, 3.05) is 5.32 Å². The van der Waals surface area contributed by atoms with Crippen molar-refractivity contribution in [2.24, 2.45) is 0 Å². The highest BCUT2D eigenvalue weighted by Crippen LogP contribution is 2.36. The predicted octanol–water partition coefficient (Wildman–Crippen LogP) is 9.77. The number of rotatable bonds is 3. The lowest BCUT2D eigenvalue weighted by Crippen LogP contribution is -1.89. The molecule has 0 saturated heterocycles. The minimum absolute atomic E-state index is 1.09. The number of benzene rings is 6. The second kappa shape index (κ2) is 7.72. The summed E-state index contributed by atoms with van der Waals surface area (Å²) >= 11 is 1.85. The molecule has 1 heterocycles. The predicted molar refractivity (Wildman–Crippen MR) is 150 cm³/mol. The molecule has 34 heavy (non-hydrogen) atoms. The van der Waals surface area contributed by atoms with Crippen LogP contribution in [0.3, 0.4) is 0 Å². The summed E-state index contributed by atoms with van der Waals surface area (Å²) in [6.45, 7) is 0. The third-order valence-corrected chi connectivity index (χ3v) is 7.77. The van der Waals surface area contributed by atoms with Crippen LogP contribution >= 0.6 is 11.3 Å². The number of hydrogen-bond donors (Lipinski definition) is 1. The van der Waals surface area contributed by atoms with E-state index in [1.807, 2.05) is 11.3 Å². The summed E-state index contributed by atoms with van der Waals surface area (Å²) < 4.78 is 2.65. The van der Waals surface area contributed by atoms with Gasteiger partial charge in [-0.2, -0.15) is 0 Å². The maximum absolute atomic E-state index is 3.58. The van der Waals surface area contributed by atoms with E-state index in [1.165, 1.54) is 52.8 Å². The van der Waals surface area contributed by atoms with Gasteiger partial charge in [0.2, 0.25) is 0 Å². The van der Waals surface area contributed by atoms with Crippen LogP contribution < -0.4 is 5.32 Å². The second-order valence-electron chi connectivity index (χ2n) is 8.73. The summed E-state index contributed by atoms with van der Waals surface area (Å²) in [5, 5.41) is 11.4. The average molecular weight is 452 g/mol. The minimum atomic E-state index is 1.09. The van der Waals surface area contributed by atoms with Crippen LogP contribution in [0.15, 0.2) is 121 Å². The van der Waals surface area contributed by atoms with E-state index in [1.54, 1.807) is 0 Å². The Morgan fingerprint density at radius 1 is 0.412 bits per heavy atom. The molecule has 0 aliphatic rings. The topological polar surface area (TPSA) is 12.0 Å². The van der Waals surface area contributed by atoms with Crippen LogP contribution in [0.1, 0.15) is 0 Å². The van der Waals surface area contributed by atoms with Gasteiger partial charge in [0.1, 0.15) is 0 Å². The van der Waals surface area contributed by atoms with Crippen molar-refractivity contribution >= 4 is 64.4 Å². The maximum atomic E-state index is 3.58. The van der Waals surface area contributed by atoms with Gasteiger partial charge in [-0.15, -0.1) is 11.3 Å². The third-order valence-electron chi connectivity index (χ3n) is 6.63. The maximum Gasteiger partial charge on any atom is 0.0398 e. The van der Waals surface area contributed by atoms with Gasteiger partial charge in [-0.3, -0.25) is 0 Å². The van der Waals surface area contributed by atoms with E-state index in [0.717, 1.165) is 11.4 Å². The summed E-state index contributed by atoms with van der Waals surface area (Å²) in [6, 6.07) is 43.8. The molecule has 7 rings (SSSR count). The van der Waals surface area contributed by atoms with Crippen molar-refractivity contribution in [1.29, 1.82) is 0 Å². The molecule has 1 nitrogen and oxygen atoms in total.